The third kappa shape index (κ3) is 2.83. The molecule has 0 saturated heterocycles. The summed E-state index contributed by atoms with van der Waals surface area (Å²) in [7, 11) is 0. The highest BCUT2D eigenvalue weighted by Gasteiger charge is 2.38. The van der Waals surface area contributed by atoms with Crippen LogP contribution >= 0.6 is 0 Å². The van der Waals surface area contributed by atoms with Gasteiger partial charge in [0.2, 0.25) is 0 Å². The number of carbonyl (C=O) groups is 1. The van der Waals surface area contributed by atoms with E-state index in [-0.39, 0.29) is 11.5 Å². The fourth-order valence-corrected chi connectivity index (χ4v) is 2.37. The zero-order valence-corrected chi connectivity index (χ0v) is 10.5. The number of carbonyl (C=O) groups excluding carboxylic acids is 1. The number of amides is 2. The fourth-order valence-electron chi connectivity index (χ4n) is 2.37. The van der Waals surface area contributed by atoms with Crippen LogP contribution in [0, 0.1) is 11.2 Å². The van der Waals surface area contributed by atoms with Gasteiger partial charge in [0.25, 0.3) is 0 Å². The minimum Gasteiger partial charge on any atom is -0.386 e. The monoisotopic (exact) mass is 264 g/mol. The molecule has 5 nitrogen and oxygen atoms in total. The van der Waals surface area contributed by atoms with Gasteiger partial charge in [0, 0.05) is 0 Å². The second kappa shape index (κ2) is 5.26. The van der Waals surface area contributed by atoms with E-state index in [9.17, 15) is 9.18 Å². The van der Waals surface area contributed by atoms with Gasteiger partial charge in [-0.15, -0.1) is 0 Å². The second-order valence-electron chi connectivity index (χ2n) is 4.76. The Balaban J connectivity index is 2.05. The summed E-state index contributed by atoms with van der Waals surface area (Å²) in [5, 5.41) is 12.8. The summed E-state index contributed by atoms with van der Waals surface area (Å²) in [5.41, 5.74) is 4.90. The molecule has 2 rings (SSSR count). The maximum absolute atomic E-state index is 13.4. The number of anilines is 1. The Morgan fingerprint density at radius 1 is 1.32 bits per heavy atom. The molecule has 5 N–H and O–H groups in total. The molecular weight excluding hydrogens is 247 g/mol. The van der Waals surface area contributed by atoms with Gasteiger partial charge in [0.1, 0.15) is 11.7 Å². The number of nitrogens with one attached hydrogen (secondary N) is 3. The number of nitrogens with two attached hydrogens (primary N) is 1. The molecule has 0 radical (unpaired) electrons. The van der Waals surface area contributed by atoms with E-state index in [1.165, 1.54) is 12.1 Å². The van der Waals surface area contributed by atoms with E-state index in [1.807, 2.05) is 0 Å². The standard InChI is InChI=1S/C13H17FN4O/c14-9-5-1-2-6-10(9)17-12(19)18-13(11(15)16)7-3-4-8-13/h1-2,5-6H,3-4,7-8H2,(H3,15,16)(H2,17,18,19). The Labute approximate surface area is 110 Å². The van der Waals surface area contributed by atoms with Crippen LogP contribution in [0.3, 0.4) is 0 Å². The lowest BCUT2D eigenvalue weighted by molar-refractivity contribution is 0.244. The first-order valence-corrected chi connectivity index (χ1v) is 6.22. The zero-order valence-electron chi connectivity index (χ0n) is 10.5. The van der Waals surface area contributed by atoms with Crippen molar-refractivity contribution in [1.29, 1.82) is 5.41 Å². The number of para-hydroxylation sites is 1. The van der Waals surface area contributed by atoms with Crippen molar-refractivity contribution in [3.05, 3.63) is 30.1 Å². The van der Waals surface area contributed by atoms with E-state index in [2.05, 4.69) is 10.6 Å². The minimum absolute atomic E-state index is 0.0475. The smallest absolute Gasteiger partial charge is 0.320 e. The van der Waals surface area contributed by atoms with Crippen molar-refractivity contribution in [1.82, 2.24) is 5.32 Å². The topological polar surface area (TPSA) is 91.0 Å². The maximum atomic E-state index is 13.4. The minimum atomic E-state index is -0.782. The average Bonchev–Trinajstić information content (AvgIpc) is 2.82. The van der Waals surface area contributed by atoms with Crippen LogP contribution in [0.1, 0.15) is 25.7 Å². The number of halogens is 1. The molecule has 0 atom stereocenters. The molecule has 0 unspecified atom stereocenters. The van der Waals surface area contributed by atoms with Crippen LogP contribution in [-0.4, -0.2) is 17.4 Å². The van der Waals surface area contributed by atoms with Crippen molar-refractivity contribution in [2.45, 2.75) is 31.2 Å². The Kier molecular flexibility index (Phi) is 3.69. The van der Waals surface area contributed by atoms with Crippen LogP contribution in [0.4, 0.5) is 14.9 Å². The molecule has 0 heterocycles. The molecule has 2 amide bonds. The summed E-state index contributed by atoms with van der Waals surface area (Å²) in [4.78, 5) is 11.9. The maximum Gasteiger partial charge on any atom is 0.320 e. The number of hydrogen-bond donors (Lipinski definition) is 4. The Hall–Kier alpha value is -2.11. The molecular formula is C13H17FN4O. The lowest BCUT2D eigenvalue weighted by Crippen LogP contribution is -2.56. The van der Waals surface area contributed by atoms with Gasteiger partial charge in [-0.3, -0.25) is 5.41 Å². The Morgan fingerprint density at radius 2 is 1.95 bits per heavy atom. The predicted octanol–water partition coefficient (Wildman–Crippen LogP) is 2.20. The van der Waals surface area contributed by atoms with E-state index in [4.69, 9.17) is 11.1 Å². The average molecular weight is 264 g/mol. The van der Waals surface area contributed by atoms with Gasteiger partial charge in [-0.2, -0.15) is 0 Å². The molecule has 0 aromatic heterocycles. The quantitative estimate of drug-likeness (QED) is 0.498. The molecule has 1 saturated carbocycles. The molecule has 1 aromatic rings. The number of hydrogen-bond acceptors (Lipinski definition) is 2. The van der Waals surface area contributed by atoms with Gasteiger partial charge in [-0.25, -0.2) is 9.18 Å². The van der Waals surface area contributed by atoms with E-state index in [0.717, 1.165) is 12.8 Å². The number of urea groups is 1. The Bertz CT molecular complexity index is 497. The fraction of sp³-hybridized carbons (Fsp3) is 0.385. The van der Waals surface area contributed by atoms with Gasteiger partial charge in [-0.1, -0.05) is 25.0 Å². The van der Waals surface area contributed by atoms with Gasteiger partial charge >= 0.3 is 6.03 Å². The van der Waals surface area contributed by atoms with E-state index >= 15 is 0 Å². The highest BCUT2D eigenvalue weighted by molar-refractivity contribution is 5.96. The summed E-state index contributed by atoms with van der Waals surface area (Å²) in [5.74, 6) is -0.547. The van der Waals surface area contributed by atoms with Crippen molar-refractivity contribution in [2.75, 3.05) is 5.32 Å². The predicted molar refractivity (Wildman–Crippen MR) is 71.7 cm³/mol. The summed E-state index contributed by atoms with van der Waals surface area (Å²) in [6.45, 7) is 0. The molecule has 0 aliphatic heterocycles. The van der Waals surface area contributed by atoms with Crippen molar-refractivity contribution >= 4 is 17.6 Å². The molecule has 19 heavy (non-hydrogen) atoms. The van der Waals surface area contributed by atoms with Crippen LogP contribution in [0.5, 0.6) is 0 Å². The SMILES string of the molecule is N=C(N)C1(NC(=O)Nc2ccccc2F)CCCC1. The second-order valence-corrected chi connectivity index (χ2v) is 4.76. The van der Waals surface area contributed by atoms with E-state index in [1.54, 1.807) is 12.1 Å². The summed E-state index contributed by atoms with van der Waals surface area (Å²) in [6, 6.07) is 5.39. The molecule has 1 fully saturated rings. The molecule has 0 bridgehead atoms. The van der Waals surface area contributed by atoms with E-state index in [0.29, 0.717) is 12.8 Å². The first-order chi connectivity index (χ1) is 9.03. The van der Waals surface area contributed by atoms with Crippen molar-refractivity contribution < 1.29 is 9.18 Å². The highest BCUT2D eigenvalue weighted by atomic mass is 19.1. The van der Waals surface area contributed by atoms with Gasteiger partial charge < -0.3 is 16.4 Å². The van der Waals surface area contributed by atoms with Gasteiger partial charge in [-0.05, 0) is 25.0 Å². The van der Waals surface area contributed by atoms with Crippen LogP contribution in [0.25, 0.3) is 0 Å². The van der Waals surface area contributed by atoms with Crippen LogP contribution < -0.4 is 16.4 Å². The van der Waals surface area contributed by atoms with Crippen LogP contribution in [-0.2, 0) is 0 Å². The molecule has 1 aliphatic rings. The summed E-state index contributed by atoms with van der Waals surface area (Å²) >= 11 is 0. The lowest BCUT2D eigenvalue weighted by Gasteiger charge is -2.28. The lowest BCUT2D eigenvalue weighted by atomic mass is 9.96. The third-order valence-corrected chi connectivity index (χ3v) is 3.45. The summed E-state index contributed by atoms with van der Waals surface area (Å²) in [6.07, 6.45) is 3.12. The van der Waals surface area contributed by atoms with Gasteiger partial charge in [0.05, 0.1) is 11.2 Å². The third-order valence-electron chi connectivity index (χ3n) is 3.45. The Morgan fingerprint density at radius 3 is 2.53 bits per heavy atom. The number of amidine groups is 1. The molecule has 1 aromatic carbocycles. The largest absolute Gasteiger partial charge is 0.386 e. The van der Waals surface area contributed by atoms with E-state index < -0.39 is 17.4 Å². The zero-order chi connectivity index (χ0) is 13.9. The summed E-state index contributed by atoms with van der Waals surface area (Å²) < 4.78 is 13.4. The number of rotatable bonds is 3. The molecule has 0 spiro atoms. The van der Waals surface area contributed by atoms with Crippen molar-refractivity contribution in [2.24, 2.45) is 5.73 Å². The highest BCUT2D eigenvalue weighted by Crippen LogP contribution is 2.29. The van der Waals surface area contributed by atoms with Crippen LogP contribution in [0.2, 0.25) is 0 Å². The molecule has 1 aliphatic carbocycles. The molecule has 102 valence electrons. The normalized spacial score (nSPS) is 16.9. The first-order valence-electron chi connectivity index (χ1n) is 6.22. The van der Waals surface area contributed by atoms with Gasteiger partial charge in [0.15, 0.2) is 0 Å². The van der Waals surface area contributed by atoms with Crippen LogP contribution in [0.15, 0.2) is 24.3 Å². The molecule has 6 heteroatoms. The first kappa shape index (κ1) is 13.3. The number of benzene rings is 1. The van der Waals surface area contributed by atoms with Crippen molar-refractivity contribution in [3.8, 4) is 0 Å². The van der Waals surface area contributed by atoms with Crippen molar-refractivity contribution in [3.63, 3.8) is 0 Å².